The summed E-state index contributed by atoms with van der Waals surface area (Å²) in [6.45, 7) is 10.4. The summed E-state index contributed by atoms with van der Waals surface area (Å²) in [6.07, 6.45) is 2.43. The average Bonchev–Trinajstić information content (AvgIpc) is 2.28. The van der Waals surface area contributed by atoms with Gasteiger partial charge >= 0.3 is 0 Å². The molecule has 1 N–H and O–H groups in total. The van der Waals surface area contributed by atoms with E-state index in [0.717, 1.165) is 0 Å². The number of ketones is 1. The standard InChI is InChI=1S/C14H23NO4Si/c1-13(2,3)20(4,5)19-15-12(18)9-14(15)7-6-10(16)8-11(14)17/h6-7,11,17H,8-9H2,1-5H3. The van der Waals surface area contributed by atoms with E-state index in [1.54, 1.807) is 6.08 Å². The lowest BCUT2D eigenvalue weighted by Gasteiger charge is -2.55. The molecular weight excluding hydrogens is 274 g/mol. The number of hydroxylamine groups is 2. The van der Waals surface area contributed by atoms with Gasteiger partial charge in [0.2, 0.25) is 14.2 Å². The van der Waals surface area contributed by atoms with Gasteiger partial charge in [-0.1, -0.05) is 20.8 Å². The second kappa shape index (κ2) is 4.51. The number of rotatable bonds is 2. The second-order valence-corrected chi connectivity index (χ2v) is 11.9. The van der Waals surface area contributed by atoms with E-state index in [9.17, 15) is 14.7 Å². The second-order valence-electron chi connectivity index (χ2n) is 7.23. The van der Waals surface area contributed by atoms with Crippen molar-refractivity contribution in [3.05, 3.63) is 12.2 Å². The van der Waals surface area contributed by atoms with Crippen molar-refractivity contribution in [2.75, 3.05) is 0 Å². The lowest BCUT2D eigenvalue weighted by Crippen LogP contribution is -2.71. The van der Waals surface area contributed by atoms with Gasteiger partial charge in [-0.05, 0) is 30.3 Å². The van der Waals surface area contributed by atoms with Gasteiger partial charge in [0.05, 0.1) is 12.5 Å². The third-order valence-electron chi connectivity index (χ3n) is 4.69. The Hall–Kier alpha value is -0.983. The Morgan fingerprint density at radius 2 is 2.00 bits per heavy atom. The molecule has 0 radical (unpaired) electrons. The van der Waals surface area contributed by atoms with Crippen molar-refractivity contribution in [1.29, 1.82) is 0 Å². The van der Waals surface area contributed by atoms with Gasteiger partial charge in [-0.3, -0.25) is 9.59 Å². The highest BCUT2D eigenvalue weighted by Gasteiger charge is 2.59. The van der Waals surface area contributed by atoms with Gasteiger partial charge in [0.1, 0.15) is 5.54 Å². The maximum atomic E-state index is 11.9. The fourth-order valence-corrected chi connectivity index (χ4v) is 3.19. The van der Waals surface area contributed by atoms with Crippen LogP contribution in [0.25, 0.3) is 0 Å². The maximum Gasteiger partial charge on any atom is 0.248 e. The van der Waals surface area contributed by atoms with Crippen LogP contribution in [0.4, 0.5) is 0 Å². The zero-order chi connectivity index (χ0) is 15.3. The van der Waals surface area contributed by atoms with E-state index < -0.39 is 20.0 Å². The van der Waals surface area contributed by atoms with Crippen molar-refractivity contribution in [3.8, 4) is 0 Å². The van der Waals surface area contributed by atoms with Gasteiger partial charge < -0.3 is 9.63 Å². The van der Waals surface area contributed by atoms with E-state index in [2.05, 4.69) is 33.9 Å². The number of amides is 1. The summed E-state index contributed by atoms with van der Waals surface area (Å²) in [4.78, 5) is 23.3. The largest absolute Gasteiger partial charge is 0.390 e. The van der Waals surface area contributed by atoms with Gasteiger partial charge in [-0.2, -0.15) is 0 Å². The van der Waals surface area contributed by atoms with E-state index in [-0.39, 0.29) is 29.6 Å². The number of hydrogen-bond acceptors (Lipinski definition) is 4. The summed E-state index contributed by atoms with van der Waals surface area (Å²) in [5.41, 5.74) is -0.847. The third-order valence-corrected chi connectivity index (χ3v) is 8.95. The molecule has 112 valence electrons. The summed E-state index contributed by atoms with van der Waals surface area (Å²) in [6, 6.07) is 0. The molecule has 0 aromatic rings. The first-order chi connectivity index (χ1) is 8.99. The number of allylic oxidation sites excluding steroid dienone is 1. The summed E-state index contributed by atoms with van der Waals surface area (Å²) in [7, 11) is -2.16. The molecule has 0 aromatic heterocycles. The first kappa shape index (κ1) is 15.4. The molecule has 1 fully saturated rings. The molecule has 6 heteroatoms. The molecule has 1 saturated heterocycles. The first-order valence-corrected chi connectivity index (χ1v) is 9.83. The smallest absolute Gasteiger partial charge is 0.248 e. The van der Waals surface area contributed by atoms with Gasteiger partial charge in [0, 0.05) is 6.42 Å². The molecule has 0 saturated carbocycles. The minimum Gasteiger partial charge on any atom is -0.390 e. The molecule has 20 heavy (non-hydrogen) atoms. The molecule has 1 spiro atoms. The Morgan fingerprint density at radius 3 is 2.45 bits per heavy atom. The van der Waals surface area contributed by atoms with Crippen LogP contribution < -0.4 is 0 Å². The van der Waals surface area contributed by atoms with Gasteiger partial charge in [0.15, 0.2) is 5.78 Å². The maximum absolute atomic E-state index is 11.9. The van der Waals surface area contributed by atoms with E-state index in [0.29, 0.717) is 0 Å². The highest BCUT2D eigenvalue weighted by Crippen LogP contribution is 2.45. The number of β-lactam (4-membered cyclic amide) rings is 1. The van der Waals surface area contributed by atoms with E-state index in [1.807, 2.05) is 0 Å². The van der Waals surface area contributed by atoms with Crippen LogP contribution in [-0.2, 0) is 14.1 Å². The van der Waals surface area contributed by atoms with Gasteiger partial charge in [-0.15, -0.1) is 0 Å². The molecule has 1 aliphatic heterocycles. The van der Waals surface area contributed by atoms with Crippen LogP contribution in [0.1, 0.15) is 33.6 Å². The predicted octanol–water partition coefficient (Wildman–Crippen LogP) is 1.78. The lowest BCUT2D eigenvalue weighted by atomic mass is 9.75. The number of aliphatic hydroxyl groups excluding tert-OH is 1. The molecule has 1 amide bonds. The monoisotopic (exact) mass is 297 g/mol. The van der Waals surface area contributed by atoms with Crippen LogP contribution in [0.15, 0.2) is 12.2 Å². The van der Waals surface area contributed by atoms with Crippen LogP contribution >= 0.6 is 0 Å². The van der Waals surface area contributed by atoms with Gasteiger partial charge in [0.25, 0.3) is 0 Å². The summed E-state index contributed by atoms with van der Waals surface area (Å²) in [5.74, 6) is -0.248. The van der Waals surface area contributed by atoms with Crippen molar-refractivity contribution >= 4 is 20.0 Å². The molecule has 0 aromatic carbocycles. The normalized spacial score (nSPS) is 30.9. The molecule has 1 heterocycles. The van der Waals surface area contributed by atoms with E-state index in [4.69, 9.17) is 4.53 Å². The minimum absolute atomic E-state index is 0.0385. The van der Waals surface area contributed by atoms with E-state index >= 15 is 0 Å². The number of carbonyl (C=O) groups excluding carboxylic acids is 2. The van der Waals surface area contributed by atoms with Crippen LogP contribution in [-0.4, -0.2) is 41.8 Å². The van der Waals surface area contributed by atoms with Crippen LogP contribution in [0, 0.1) is 0 Å². The quantitative estimate of drug-likeness (QED) is 0.623. The minimum atomic E-state index is -2.16. The summed E-state index contributed by atoms with van der Waals surface area (Å²) >= 11 is 0. The Morgan fingerprint density at radius 1 is 1.40 bits per heavy atom. The molecular formula is C14H23NO4Si. The lowest BCUT2D eigenvalue weighted by molar-refractivity contribution is -0.229. The first-order valence-electron chi connectivity index (χ1n) is 6.92. The highest BCUT2D eigenvalue weighted by molar-refractivity contribution is 6.74. The molecule has 1 aliphatic carbocycles. The Kier molecular flexibility index (Phi) is 3.47. The predicted molar refractivity (Wildman–Crippen MR) is 77.2 cm³/mol. The average molecular weight is 297 g/mol. The van der Waals surface area contributed by atoms with E-state index in [1.165, 1.54) is 11.1 Å². The van der Waals surface area contributed by atoms with Crippen molar-refractivity contribution in [1.82, 2.24) is 5.06 Å². The van der Waals surface area contributed by atoms with Crippen molar-refractivity contribution in [3.63, 3.8) is 0 Å². The number of aliphatic hydroxyl groups is 1. The molecule has 2 atom stereocenters. The summed E-state index contributed by atoms with van der Waals surface area (Å²) < 4.78 is 6.05. The molecule has 5 nitrogen and oxygen atoms in total. The molecule has 2 unspecified atom stereocenters. The van der Waals surface area contributed by atoms with Crippen molar-refractivity contribution in [2.24, 2.45) is 0 Å². The zero-order valence-corrected chi connectivity index (χ0v) is 13.8. The third kappa shape index (κ3) is 2.25. The summed E-state index contributed by atoms with van der Waals surface area (Å²) in [5, 5.41) is 11.5. The van der Waals surface area contributed by atoms with Crippen LogP contribution in [0.5, 0.6) is 0 Å². The van der Waals surface area contributed by atoms with Crippen molar-refractivity contribution < 1.29 is 19.2 Å². The Balaban J connectivity index is 2.25. The fourth-order valence-electron chi connectivity index (χ4n) is 2.19. The number of hydrogen-bond donors (Lipinski definition) is 1. The topological polar surface area (TPSA) is 66.8 Å². The molecule has 2 aliphatic rings. The van der Waals surface area contributed by atoms with Crippen LogP contribution in [0.2, 0.25) is 18.1 Å². The van der Waals surface area contributed by atoms with Gasteiger partial charge in [-0.25, -0.2) is 5.06 Å². The van der Waals surface area contributed by atoms with Crippen molar-refractivity contribution in [2.45, 2.75) is 63.4 Å². The van der Waals surface area contributed by atoms with Crippen LogP contribution in [0.3, 0.4) is 0 Å². The Bertz CT molecular complexity index is 480. The number of carbonyl (C=O) groups is 2. The highest BCUT2D eigenvalue weighted by atomic mass is 28.4. The zero-order valence-electron chi connectivity index (χ0n) is 12.8. The SMILES string of the molecule is CC(C)(C)[Si](C)(C)ON1C(=O)CC12C=CC(=O)CC2O. The Labute approximate surface area is 120 Å². The molecule has 2 rings (SSSR count). The molecule has 0 bridgehead atoms. The number of nitrogens with zero attached hydrogens (tertiary/aromatic N) is 1. The fraction of sp³-hybridized carbons (Fsp3) is 0.714.